The summed E-state index contributed by atoms with van der Waals surface area (Å²) in [4.78, 5) is 19.4. The van der Waals surface area contributed by atoms with Crippen LogP contribution in [0.3, 0.4) is 0 Å². The monoisotopic (exact) mass is 334 g/mol. The van der Waals surface area contributed by atoms with Crippen LogP contribution in [0.25, 0.3) is 10.9 Å². The molecule has 0 fully saturated rings. The number of amides is 1. The highest BCUT2D eigenvalue weighted by Gasteiger charge is 2.42. The Morgan fingerprint density at radius 2 is 2.00 bits per heavy atom. The first kappa shape index (κ1) is 15.8. The number of pyridine rings is 1. The Bertz CT molecular complexity index is 985. The summed E-state index contributed by atoms with van der Waals surface area (Å²) in [7, 11) is 0. The van der Waals surface area contributed by atoms with E-state index in [1.807, 2.05) is 44.2 Å². The molecule has 3 nitrogen and oxygen atoms in total. The van der Waals surface area contributed by atoms with Gasteiger partial charge in [0.15, 0.2) is 0 Å². The quantitative estimate of drug-likeness (QED) is 0.660. The molecule has 1 aliphatic rings. The molecule has 3 aromatic rings. The molecule has 1 aliphatic heterocycles. The Labute approximate surface area is 146 Å². The van der Waals surface area contributed by atoms with Crippen LogP contribution >= 0.6 is 0 Å². The lowest BCUT2D eigenvalue weighted by Crippen LogP contribution is -2.45. The first-order chi connectivity index (χ1) is 12.0. The smallest absolute Gasteiger partial charge is 0.237 e. The molecule has 2 aromatic carbocycles. The minimum Gasteiger partial charge on any atom is -0.279 e. The summed E-state index contributed by atoms with van der Waals surface area (Å²) in [5.74, 6) is -0.241. The number of anilines is 2. The Kier molecular flexibility index (Phi) is 3.57. The zero-order valence-corrected chi connectivity index (χ0v) is 14.3. The van der Waals surface area contributed by atoms with E-state index in [2.05, 4.69) is 4.98 Å². The van der Waals surface area contributed by atoms with Crippen molar-refractivity contribution in [3.63, 3.8) is 0 Å². The Hall–Kier alpha value is -2.75. The highest BCUT2D eigenvalue weighted by molar-refractivity contribution is 6.07. The second-order valence-electron chi connectivity index (χ2n) is 6.89. The molecule has 1 unspecified atom stereocenters. The number of para-hydroxylation sites is 1. The maximum atomic E-state index is 13.8. The first-order valence-electron chi connectivity index (χ1n) is 8.49. The van der Waals surface area contributed by atoms with Crippen molar-refractivity contribution in [1.29, 1.82) is 0 Å². The van der Waals surface area contributed by atoms with Crippen LogP contribution in [0.1, 0.15) is 25.8 Å². The molecular formula is C21H19FN2O. The molecule has 126 valence electrons. The maximum Gasteiger partial charge on any atom is 0.237 e. The van der Waals surface area contributed by atoms with Crippen LogP contribution in [0, 0.1) is 11.2 Å². The topological polar surface area (TPSA) is 33.2 Å². The van der Waals surface area contributed by atoms with Crippen molar-refractivity contribution in [3.8, 4) is 0 Å². The molecule has 0 bridgehead atoms. The van der Waals surface area contributed by atoms with Gasteiger partial charge in [0.05, 0.1) is 28.5 Å². The number of hydrogen-bond donors (Lipinski definition) is 0. The maximum absolute atomic E-state index is 13.8. The Morgan fingerprint density at radius 1 is 1.20 bits per heavy atom. The van der Waals surface area contributed by atoms with Gasteiger partial charge in [-0.3, -0.25) is 14.7 Å². The molecule has 0 saturated carbocycles. The number of carbonyl (C=O) groups is 1. The van der Waals surface area contributed by atoms with Gasteiger partial charge in [0.1, 0.15) is 5.82 Å². The van der Waals surface area contributed by atoms with Crippen LogP contribution in [-0.4, -0.2) is 10.9 Å². The van der Waals surface area contributed by atoms with Crippen molar-refractivity contribution in [3.05, 3.63) is 66.1 Å². The molecule has 2 heterocycles. The van der Waals surface area contributed by atoms with Crippen molar-refractivity contribution in [2.45, 2.75) is 26.7 Å². The Morgan fingerprint density at radius 3 is 2.80 bits per heavy atom. The van der Waals surface area contributed by atoms with Crippen molar-refractivity contribution in [2.75, 3.05) is 4.90 Å². The van der Waals surface area contributed by atoms with Gasteiger partial charge < -0.3 is 0 Å². The molecule has 0 N–H and O–H groups in total. The minimum atomic E-state index is -0.549. The molecule has 4 rings (SSSR count). The van der Waals surface area contributed by atoms with Crippen LogP contribution in [-0.2, 0) is 11.2 Å². The molecule has 0 aliphatic carbocycles. The van der Waals surface area contributed by atoms with E-state index in [-0.39, 0.29) is 11.7 Å². The van der Waals surface area contributed by atoms with E-state index < -0.39 is 5.41 Å². The van der Waals surface area contributed by atoms with Gasteiger partial charge in [-0.25, -0.2) is 4.39 Å². The van der Waals surface area contributed by atoms with E-state index in [1.165, 1.54) is 12.1 Å². The minimum absolute atomic E-state index is 0.0335. The average Bonchev–Trinajstić information content (AvgIpc) is 2.62. The van der Waals surface area contributed by atoms with Gasteiger partial charge in [-0.1, -0.05) is 32.0 Å². The molecule has 4 heteroatoms. The van der Waals surface area contributed by atoms with Crippen molar-refractivity contribution in [1.82, 2.24) is 4.98 Å². The van der Waals surface area contributed by atoms with Crippen LogP contribution in [0.5, 0.6) is 0 Å². The number of nitrogens with zero attached hydrogens (tertiary/aromatic N) is 2. The summed E-state index contributed by atoms with van der Waals surface area (Å²) >= 11 is 0. The third kappa shape index (κ3) is 2.49. The molecule has 1 atom stereocenters. The fourth-order valence-corrected chi connectivity index (χ4v) is 3.50. The fourth-order valence-electron chi connectivity index (χ4n) is 3.50. The molecule has 0 saturated heterocycles. The van der Waals surface area contributed by atoms with Crippen LogP contribution < -0.4 is 4.90 Å². The van der Waals surface area contributed by atoms with Gasteiger partial charge >= 0.3 is 0 Å². The largest absolute Gasteiger partial charge is 0.279 e. The normalized spacial score (nSPS) is 20.0. The third-order valence-corrected chi connectivity index (χ3v) is 5.20. The van der Waals surface area contributed by atoms with Crippen molar-refractivity contribution < 1.29 is 9.18 Å². The number of aromatic nitrogens is 1. The van der Waals surface area contributed by atoms with E-state index in [0.29, 0.717) is 12.8 Å². The van der Waals surface area contributed by atoms with Gasteiger partial charge in [0.2, 0.25) is 5.91 Å². The van der Waals surface area contributed by atoms with Crippen LogP contribution in [0.4, 0.5) is 15.8 Å². The molecule has 0 radical (unpaired) electrons. The van der Waals surface area contributed by atoms with Gasteiger partial charge in [0, 0.05) is 5.39 Å². The molecular weight excluding hydrogens is 315 g/mol. The van der Waals surface area contributed by atoms with E-state index in [1.54, 1.807) is 17.2 Å². The van der Waals surface area contributed by atoms with Gasteiger partial charge in [-0.15, -0.1) is 0 Å². The van der Waals surface area contributed by atoms with Crippen molar-refractivity contribution >= 4 is 28.2 Å². The zero-order valence-electron chi connectivity index (χ0n) is 14.3. The lowest BCUT2D eigenvalue weighted by atomic mass is 9.76. The number of carbonyl (C=O) groups excluding carboxylic acids is 1. The van der Waals surface area contributed by atoms with E-state index >= 15 is 0 Å². The summed E-state index contributed by atoms with van der Waals surface area (Å²) in [5.41, 5.74) is 2.66. The number of hydrogen-bond acceptors (Lipinski definition) is 2. The number of halogens is 1. The predicted molar refractivity (Wildman–Crippen MR) is 97.4 cm³/mol. The average molecular weight is 334 g/mol. The SMILES string of the molecule is CCC1(C)Cc2cc(F)ccc2N(c2cnc3ccccc3c2)C1=O. The van der Waals surface area contributed by atoms with Gasteiger partial charge in [0.25, 0.3) is 0 Å². The highest BCUT2D eigenvalue weighted by atomic mass is 19.1. The summed E-state index contributed by atoms with van der Waals surface area (Å²) in [6, 6.07) is 14.4. The molecule has 1 amide bonds. The number of fused-ring (bicyclic) bond motifs is 2. The predicted octanol–water partition coefficient (Wildman–Crippen LogP) is 5.01. The number of rotatable bonds is 2. The lowest BCUT2D eigenvalue weighted by Gasteiger charge is -2.40. The van der Waals surface area contributed by atoms with Crippen LogP contribution in [0.2, 0.25) is 0 Å². The van der Waals surface area contributed by atoms with Gasteiger partial charge in [-0.2, -0.15) is 0 Å². The van der Waals surface area contributed by atoms with Crippen LogP contribution in [0.15, 0.2) is 54.7 Å². The summed E-state index contributed by atoms with van der Waals surface area (Å²) in [5, 5.41) is 0.972. The van der Waals surface area contributed by atoms with E-state index in [0.717, 1.165) is 27.8 Å². The summed E-state index contributed by atoms with van der Waals surface area (Å²) in [6.45, 7) is 3.95. The summed E-state index contributed by atoms with van der Waals surface area (Å²) in [6.07, 6.45) is 2.96. The highest BCUT2D eigenvalue weighted by Crippen LogP contribution is 2.43. The summed E-state index contributed by atoms with van der Waals surface area (Å²) < 4.78 is 13.8. The fraction of sp³-hybridized carbons (Fsp3) is 0.238. The molecule has 25 heavy (non-hydrogen) atoms. The second kappa shape index (κ2) is 5.66. The lowest BCUT2D eigenvalue weighted by molar-refractivity contribution is -0.127. The van der Waals surface area contributed by atoms with E-state index in [4.69, 9.17) is 0 Å². The van der Waals surface area contributed by atoms with Gasteiger partial charge in [-0.05, 0) is 48.7 Å². The number of benzene rings is 2. The molecule has 1 aromatic heterocycles. The third-order valence-electron chi connectivity index (χ3n) is 5.20. The molecule has 0 spiro atoms. The van der Waals surface area contributed by atoms with Crippen molar-refractivity contribution in [2.24, 2.45) is 5.41 Å². The Balaban J connectivity index is 1.92. The zero-order chi connectivity index (χ0) is 17.6. The standard InChI is InChI=1S/C21H19FN2O/c1-3-21(2)12-15-10-16(22)8-9-19(15)24(20(21)25)17-11-14-6-4-5-7-18(14)23-13-17/h4-11,13H,3,12H2,1-2H3. The van der Waals surface area contributed by atoms with E-state index in [9.17, 15) is 9.18 Å². The first-order valence-corrected chi connectivity index (χ1v) is 8.49. The second-order valence-corrected chi connectivity index (χ2v) is 6.89.